The predicted molar refractivity (Wildman–Crippen MR) is 74.2 cm³/mol. The molecule has 3 aromatic heterocycles. The average molecular weight is 290 g/mol. The third-order valence-electron chi connectivity index (χ3n) is 2.83. The molecule has 3 aromatic rings. The molecule has 3 heterocycles. The number of aryl methyl sites for hydroxylation is 2. The van der Waals surface area contributed by atoms with E-state index in [-0.39, 0.29) is 0 Å². The largest absolute Gasteiger partial charge is 0.353 e. The van der Waals surface area contributed by atoms with Crippen LogP contribution in [0.3, 0.4) is 0 Å². The summed E-state index contributed by atoms with van der Waals surface area (Å²) in [6, 6.07) is 1.93. The van der Waals surface area contributed by atoms with E-state index in [2.05, 4.69) is 25.6 Å². The van der Waals surface area contributed by atoms with Crippen LogP contribution in [0.4, 0.5) is 0 Å². The quantitative estimate of drug-likeness (QED) is 0.699. The van der Waals surface area contributed by atoms with Crippen LogP contribution in [0.25, 0.3) is 11.6 Å². The number of aromatic amines is 1. The number of nitrogens with zero attached hydrogens (tertiary/aromatic N) is 5. The molecule has 1 N–H and O–H groups in total. The van der Waals surface area contributed by atoms with Gasteiger partial charge < -0.3 is 9.09 Å². The maximum Gasteiger partial charge on any atom is 0.202 e. The summed E-state index contributed by atoms with van der Waals surface area (Å²) >= 11 is 1.64. The molecule has 0 aliphatic rings. The van der Waals surface area contributed by atoms with E-state index in [1.54, 1.807) is 24.2 Å². The fraction of sp³-hybridized carbons (Fsp3) is 0.333. The maximum atomic E-state index is 5.33. The van der Waals surface area contributed by atoms with Gasteiger partial charge in [0, 0.05) is 30.8 Å². The summed E-state index contributed by atoms with van der Waals surface area (Å²) in [7, 11) is 0. The smallest absolute Gasteiger partial charge is 0.202 e. The van der Waals surface area contributed by atoms with E-state index < -0.39 is 0 Å². The van der Waals surface area contributed by atoms with Crippen LogP contribution in [0, 0.1) is 0 Å². The molecule has 0 fully saturated rings. The first-order chi connectivity index (χ1) is 9.86. The SMILES string of the molecule is CCc1cc(-c2nccn2CCSc2cn[nH]n2)on1. The lowest BCUT2D eigenvalue weighted by molar-refractivity contribution is 0.420. The highest BCUT2D eigenvalue weighted by atomic mass is 32.2. The molecule has 0 aromatic carbocycles. The molecular formula is C12H14N6OS. The van der Waals surface area contributed by atoms with Crippen molar-refractivity contribution in [1.82, 2.24) is 30.1 Å². The molecule has 0 bridgehead atoms. The normalized spacial score (nSPS) is 11.1. The van der Waals surface area contributed by atoms with Crippen LogP contribution in [0.1, 0.15) is 12.6 Å². The maximum absolute atomic E-state index is 5.33. The van der Waals surface area contributed by atoms with Gasteiger partial charge in [0.05, 0.1) is 11.9 Å². The van der Waals surface area contributed by atoms with Crippen molar-refractivity contribution < 1.29 is 4.52 Å². The Hall–Kier alpha value is -2.09. The van der Waals surface area contributed by atoms with E-state index in [4.69, 9.17) is 4.52 Å². The molecule has 3 rings (SSSR count). The first kappa shape index (κ1) is 12.9. The number of hydrogen-bond donors (Lipinski definition) is 1. The van der Waals surface area contributed by atoms with Gasteiger partial charge in [-0.1, -0.05) is 12.1 Å². The number of aromatic nitrogens is 6. The number of nitrogens with one attached hydrogen (secondary N) is 1. The van der Waals surface area contributed by atoms with Crippen molar-refractivity contribution in [2.24, 2.45) is 0 Å². The second kappa shape index (κ2) is 5.91. The molecule has 104 valence electrons. The summed E-state index contributed by atoms with van der Waals surface area (Å²) in [5.41, 5.74) is 0.937. The third-order valence-corrected chi connectivity index (χ3v) is 3.71. The number of thioether (sulfide) groups is 1. The highest BCUT2D eigenvalue weighted by Gasteiger charge is 2.11. The number of H-pyrrole nitrogens is 1. The Kier molecular flexibility index (Phi) is 3.82. The van der Waals surface area contributed by atoms with E-state index in [1.807, 2.05) is 23.8 Å². The zero-order chi connectivity index (χ0) is 13.8. The van der Waals surface area contributed by atoms with Crippen molar-refractivity contribution >= 4 is 11.8 Å². The fourth-order valence-electron chi connectivity index (χ4n) is 1.81. The van der Waals surface area contributed by atoms with Crippen molar-refractivity contribution in [3.8, 4) is 11.6 Å². The molecule has 0 amide bonds. The number of hydrogen-bond acceptors (Lipinski definition) is 6. The minimum Gasteiger partial charge on any atom is -0.353 e. The number of rotatable bonds is 6. The molecule has 8 heteroatoms. The van der Waals surface area contributed by atoms with Gasteiger partial charge in [-0.15, -0.1) is 16.9 Å². The highest BCUT2D eigenvalue weighted by Crippen LogP contribution is 2.20. The molecule has 0 radical (unpaired) electrons. The zero-order valence-corrected chi connectivity index (χ0v) is 11.8. The Bertz CT molecular complexity index is 659. The predicted octanol–water partition coefficient (Wildman–Crippen LogP) is 2.01. The lowest BCUT2D eigenvalue weighted by Gasteiger charge is -2.04. The Balaban J connectivity index is 1.67. The lowest BCUT2D eigenvalue weighted by Crippen LogP contribution is -2.01. The van der Waals surface area contributed by atoms with E-state index in [0.717, 1.165) is 35.3 Å². The molecule has 0 aliphatic heterocycles. The van der Waals surface area contributed by atoms with Gasteiger partial charge in [0.1, 0.15) is 5.03 Å². The first-order valence-electron chi connectivity index (χ1n) is 6.32. The highest BCUT2D eigenvalue weighted by molar-refractivity contribution is 7.99. The van der Waals surface area contributed by atoms with Gasteiger partial charge >= 0.3 is 0 Å². The van der Waals surface area contributed by atoms with Gasteiger partial charge in [-0.2, -0.15) is 10.3 Å². The summed E-state index contributed by atoms with van der Waals surface area (Å²) in [5.74, 6) is 2.39. The van der Waals surface area contributed by atoms with E-state index >= 15 is 0 Å². The molecule has 0 unspecified atom stereocenters. The van der Waals surface area contributed by atoms with Crippen LogP contribution in [0.5, 0.6) is 0 Å². The molecule has 7 nitrogen and oxygen atoms in total. The van der Waals surface area contributed by atoms with Crippen LogP contribution in [0.15, 0.2) is 34.2 Å². The van der Waals surface area contributed by atoms with Crippen LogP contribution >= 0.6 is 11.8 Å². The van der Waals surface area contributed by atoms with Crippen molar-refractivity contribution in [2.75, 3.05) is 5.75 Å². The van der Waals surface area contributed by atoms with E-state index in [9.17, 15) is 0 Å². The molecule has 0 atom stereocenters. The Labute approximate surface area is 119 Å². The van der Waals surface area contributed by atoms with Gasteiger partial charge in [0.2, 0.25) is 5.76 Å². The molecule has 0 aliphatic carbocycles. The van der Waals surface area contributed by atoms with Crippen LogP contribution in [0.2, 0.25) is 0 Å². The summed E-state index contributed by atoms with van der Waals surface area (Å²) in [6.45, 7) is 2.86. The number of imidazole rings is 1. The van der Waals surface area contributed by atoms with Gasteiger partial charge in [-0.05, 0) is 6.42 Å². The van der Waals surface area contributed by atoms with Crippen molar-refractivity contribution in [3.63, 3.8) is 0 Å². The van der Waals surface area contributed by atoms with Crippen molar-refractivity contribution in [2.45, 2.75) is 24.9 Å². The lowest BCUT2D eigenvalue weighted by atomic mass is 10.3. The topological polar surface area (TPSA) is 85.4 Å². The van der Waals surface area contributed by atoms with Gasteiger partial charge in [-0.25, -0.2) is 4.98 Å². The standard InChI is InChI=1S/C12H14N6OS/c1-2-9-7-10(19-16-9)12-13-3-4-18(12)5-6-20-11-8-14-17-15-11/h3-4,7-8H,2,5-6H2,1H3,(H,14,15,17). The molecular weight excluding hydrogens is 276 g/mol. The van der Waals surface area contributed by atoms with Crippen LogP contribution in [-0.2, 0) is 13.0 Å². The van der Waals surface area contributed by atoms with Crippen LogP contribution in [-0.4, -0.2) is 35.9 Å². The van der Waals surface area contributed by atoms with Crippen molar-refractivity contribution in [3.05, 3.63) is 30.4 Å². The monoisotopic (exact) mass is 290 g/mol. The summed E-state index contributed by atoms with van der Waals surface area (Å²) < 4.78 is 7.37. The minimum atomic E-state index is 0.707. The first-order valence-corrected chi connectivity index (χ1v) is 7.31. The zero-order valence-electron chi connectivity index (χ0n) is 11.0. The van der Waals surface area contributed by atoms with Crippen LogP contribution < -0.4 is 0 Å². The van der Waals surface area contributed by atoms with E-state index in [0.29, 0.717) is 5.76 Å². The van der Waals surface area contributed by atoms with Gasteiger partial charge in [0.15, 0.2) is 5.82 Å². The second-order valence-corrected chi connectivity index (χ2v) is 5.25. The van der Waals surface area contributed by atoms with Gasteiger partial charge in [0.25, 0.3) is 0 Å². The summed E-state index contributed by atoms with van der Waals surface area (Å²) in [5, 5.41) is 15.3. The average Bonchev–Trinajstić information content (AvgIpc) is 3.20. The Morgan fingerprint density at radius 1 is 1.45 bits per heavy atom. The molecule has 0 spiro atoms. The molecule has 0 saturated carbocycles. The Morgan fingerprint density at radius 2 is 2.40 bits per heavy atom. The summed E-state index contributed by atoms with van der Waals surface area (Å²) in [4.78, 5) is 4.34. The van der Waals surface area contributed by atoms with Crippen molar-refractivity contribution in [1.29, 1.82) is 0 Å². The fourth-order valence-corrected chi connectivity index (χ4v) is 2.54. The second-order valence-electron chi connectivity index (χ2n) is 4.14. The van der Waals surface area contributed by atoms with E-state index in [1.165, 1.54) is 0 Å². The van der Waals surface area contributed by atoms with Gasteiger partial charge in [-0.3, -0.25) is 0 Å². The summed E-state index contributed by atoms with van der Waals surface area (Å²) in [6.07, 6.45) is 6.27. The third kappa shape index (κ3) is 2.74. The molecule has 20 heavy (non-hydrogen) atoms. The molecule has 0 saturated heterocycles. The Morgan fingerprint density at radius 3 is 3.15 bits per heavy atom. The minimum absolute atomic E-state index is 0.707.